The van der Waals surface area contributed by atoms with E-state index in [0.717, 1.165) is 26.1 Å². The lowest BCUT2D eigenvalue weighted by molar-refractivity contribution is 0.0940. The molecule has 0 aromatic heterocycles. The van der Waals surface area contributed by atoms with Crippen LogP contribution in [0.3, 0.4) is 0 Å². The summed E-state index contributed by atoms with van der Waals surface area (Å²) in [6, 6.07) is 21.1. The predicted molar refractivity (Wildman–Crippen MR) is 127 cm³/mol. The molecule has 0 saturated carbocycles. The van der Waals surface area contributed by atoms with E-state index in [-0.39, 0.29) is 11.9 Å². The Balaban J connectivity index is 1.38. The molecular formula is C28H32N2O. The second-order valence-corrected chi connectivity index (χ2v) is 8.91. The van der Waals surface area contributed by atoms with Gasteiger partial charge in [-0.3, -0.25) is 9.69 Å². The summed E-state index contributed by atoms with van der Waals surface area (Å²) in [5.41, 5.74) is 9.79. The Morgan fingerprint density at radius 2 is 1.61 bits per heavy atom. The molecule has 1 heterocycles. The lowest BCUT2D eigenvalue weighted by atomic mass is 9.96. The zero-order valence-electron chi connectivity index (χ0n) is 19.0. The van der Waals surface area contributed by atoms with Crippen molar-refractivity contribution in [1.29, 1.82) is 0 Å². The molecule has 1 aliphatic rings. The average molecular weight is 413 g/mol. The Morgan fingerprint density at radius 3 is 2.35 bits per heavy atom. The second-order valence-electron chi connectivity index (χ2n) is 8.91. The SMILES string of the molecule is Cc1cc(C)c(C(C)NC(=O)c2ccc(CN3CCc4ccccc4C3)cc2)cc1C. The molecule has 4 rings (SSSR count). The molecule has 0 aliphatic carbocycles. The summed E-state index contributed by atoms with van der Waals surface area (Å²) >= 11 is 0. The van der Waals surface area contributed by atoms with Crippen LogP contribution < -0.4 is 5.32 Å². The number of rotatable bonds is 5. The number of nitrogens with zero attached hydrogens (tertiary/aromatic N) is 1. The topological polar surface area (TPSA) is 32.3 Å². The Bertz CT molecular complexity index is 1080. The van der Waals surface area contributed by atoms with Crippen LogP contribution in [0.2, 0.25) is 0 Å². The van der Waals surface area contributed by atoms with Gasteiger partial charge in [0.05, 0.1) is 6.04 Å². The van der Waals surface area contributed by atoms with Crippen LogP contribution in [0.4, 0.5) is 0 Å². The first-order valence-electron chi connectivity index (χ1n) is 11.2. The van der Waals surface area contributed by atoms with Crippen LogP contribution in [-0.2, 0) is 19.5 Å². The summed E-state index contributed by atoms with van der Waals surface area (Å²) in [5.74, 6) is -0.0245. The molecule has 1 atom stereocenters. The van der Waals surface area contributed by atoms with Crippen LogP contribution >= 0.6 is 0 Å². The first kappa shape index (κ1) is 21.3. The lowest BCUT2D eigenvalue weighted by Crippen LogP contribution is -2.30. The van der Waals surface area contributed by atoms with E-state index in [0.29, 0.717) is 5.56 Å². The Morgan fingerprint density at radius 1 is 0.935 bits per heavy atom. The zero-order chi connectivity index (χ0) is 22.0. The molecule has 3 heteroatoms. The summed E-state index contributed by atoms with van der Waals surface area (Å²) in [5, 5.41) is 3.16. The maximum atomic E-state index is 12.8. The van der Waals surface area contributed by atoms with Crippen molar-refractivity contribution in [3.8, 4) is 0 Å². The van der Waals surface area contributed by atoms with Gasteiger partial charge >= 0.3 is 0 Å². The molecule has 160 valence electrons. The number of carbonyl (C=O) groups excluding carboxylic acids is 1. The van der Waals surface area contributed by atoms with Crippen LogP contribution in [0.25, 0.3) is 0 Å². The van der Waals surface area contributed by atoms with Crippen molar-refractivity contribution < 1.29 is 4.79 Å². The minimum atomic E-state index is -0.0279. The number of fused-ring (bicyclic) bond motifs is 1. The third-order valence-corrected chi connectivity index (χ3v) is 6.53. The highest BCUT2D eigenvalue weighted by molar-refractivity contribution is 5.94. The van der Waals surface area contributed by atoms with Crippen molar-refractivity contribution in [2.75, 3.05) is 6.54 Å². The van der Waals surface area contributed by atoms with Gasteiger partial charge < -0.3 is 5.32 Å². The fourth-order valence-electron chi connectivity index (χ4n) is 4.52. The molecule has 3 aromatic rings. The van der Waals surface area contributed by atoms with Gasteiger partial charge in [0.2, 0.25) is 0 Å². The first-order valence-corrected chi connectivity index (χ1v) is 11.2. The first-order chi connectivity index (χ1) is 14.9. The Hall–Kier alpha value is -2.91. The van der Waals surface area contributed by atoms with E-state index >= 15 is 0 Å². The van der Waals surface area contributed by atoms with Crippen LogP contribution in [0, 0.1) is 20.8 Å². The van der Waals surface area contributed by atoms with Gasteiger partial charge in [-0.15, -0.1) is 0 Å². The van der Waals surface area contributed by atoms with Gasteiger partial charge in [-0.2, -0.15) is 0 Å². The van der Waals surface area contributed by atoms with Crippen LogP contribution in [0.15, 0.2) is 60.7 Å². The van der Waals surface area contributed by atoms with Crippen molar-refractivity contribution in [3.05, 3.63) is 105 Å². The zero-order valence-corrected chi connectivity index (χ0v) is 19.0. The largest absolute Gasteiger partial charge is 0.346 e. The monoisotopic (exact) mass is 412 g/mol. The molecule has 3 nitrogen and oxygen atoms in total. The number of benzene rings is 3. The highest BCUT2D eigenvalue weighted by Gasteiger charge is 2.17. The van der Waals surface area contributed by atoms with Crippen molar-refractivity contribution in [2.24, 2.45) is 0 Å². The van der Waals surface area contributed by atoms with E-state index in [1.165, 1.54) is 38.9 Å². The van der Waals surface area contributed by atoms with E-state index in [4.69, 9.17) is 0 Å². The normalized spacial score (nSPS) is 14.7. The Labute approximate surface area is 186 Å². The number of carbonyl (C=O) groups is 1. The minimum absolute atomic E-state index is 0.0245. The van der Waals surface area contributed by atoms with Gasteiger partial charge in [-0.05, 0) is 85.2 Å². The van der Waals surface area contributed by atoms with Crippen molar-refractivity contribution >= 4 is 5.91 Å². The number of amides is 1. The number of hydrogen-bond donors (Lipinski definition) is 1. The second kappa shape index (κ2) is 9.07. The highest BCUT2D eigenvalue weighted by Crippen LogP contribution is 2.23. The molecule has 0 saturated heterocycles. The third kappa shape index (κ3) is 4.88. The van der Waals surface area contributed by atoms with E-state index in [1.54, 1.807) is 0 Å². The maximum Gasteiger partial charge on any atom is 0.251 e. The fourth-order valence-corrected chi connectivity index (χ4v) is 4.52. The summed E-state index contributed by atoms with van der Waals surface area (Å²) in [6.07, 6.45) is 1.10. The molecule has 1 aliphatic heterocycles. The Kier molecular flexibility index (Phi) is 6.24. The molecule has 0 radical (unpaired) electrons. The van der Waals surface area contributed by atoms with Gasteiger partial charge in [0.1, 0.15) is 0 Å². The molecule has 0 fully saturated rings. The molecule has 1 amide bonds. The summed E-state index contributed by atoms with van der Waals surface area (Å²) < 4.78 is 0. The lowest BCUT2D eigenvalue weighted by Gasteiger charge is -2.28. The third-order valence-electron chi connectivity index (χ3n) is 6.53. The quantitative estimate of drug-likeness (QED) is 0.586. The molecular weight excluding hydrogens is 380 g/mol. The molecule has 1 N–H and O–H groups in total. The van der Waals surface area contributed by atoms with Crippen molar-refractivity contribution in [2.45, 2.75) is 53.2 Å². The molecule has 0 spiro atoms. The molecule has 1 unspecified atom stereocenters. The van der Waals surface area contributed by atoms with Crippen LogP contribution in [0.5, 0.6) is 0 Å². The van der Waals surface area contributed by atoms with E-state index in [2.05, 4.69) is 86.4 Å². The van der Waals surface area contributed by atoms with Gasteiger partial charge in [-0.1, -0.05) is 48.5 Å². The summed E-state index contributed by atoms with van der Waals surface area (Å²) in [4.78, 5) is 15.3. The van der Waals surface area contributed by atoms with Crippen molar-refractivity contribution in [1.82, 2.24) is 10.2 Å². The van der Waals surface area contributed by atoms with E-state index in [9.17, 15) is 4.79 Å². The molecule has 3 aromatic carbocycles. The predicted octanol–water partition coefficient (Wildman–Crippen LogP) is 5.66. The summed E-state index contributed by atoms with van der Waals surface area (Å²) in [7, 11) is 0. The van der Waals surface area contributed by atoms with Crippen LogP contribution in [0.1, 0.15) is 62.3 Å². The summed E-state index contributed by atoms with van der Waals surface area (Å²) in [6.45, 7) is 11.4. The smallest absolute Gasteiger partial charge is 0.251 e. The molecule has 31 heavy (non-hydrogen) atoms. The van der Waals surface area contributed by atoms with E-state index in [1.807, 2.05) is 12.1 Å². The number of aryl methyl sites for hydroxylation is 3. The van der Waals surface area contributed by atoms with Gasteiger partial charge in [0.15, 0.2) is 0 Å². The number of hydrogen-bond acceptors (Lipinski definition) is 2. The van der Waals surface area contributed by atoms with Crippen molar-refractivity contribution in [3.63, 3.8) is 0 Å². The highest BCUT2D eigenvalue weighted by atomic mass is 16.1. The minimum Gasteiger partial charge on any atom is -0.346 e. The van der Waals surface area contributed by atoms with Gasteiger partial charge in [-0.25, -0.2) is 0 Å². The standard InChI is InChI=1S/C28H32N2O/c1-19-15-21(3)27(16-20(19)2)22(4)29-28(31)25-11-9-23(10-12-25)17-30-14-13-24-7-5-6-8-26(24)18-30/h5-12,15-16,22H,13-14,17-18H2,1-4H3,(H,29,31). The van der Waals surface area contributed by atoms with Gasteiger partial charge in [0.25, 0.3) is 5.91 Å². The fraction of sp³-hybridized carbons (Fsp3) is 0.321. The van der Waals surface area contributed by atoms with E-state index < -0.39 is 0 Å². The average Bonchev–Trinajstić information content (AvgIpc) is 2.76. The number of nitrogens with one attached hydrogen (secondary N) is 1. The molecule has 0 bridgehead atoms. The van der Waals surface area contributed by atoms with Gasteiger partial charge in [0, 0.05) is 25.2 Å². The van der Waals surface area contributed by atoms with Crippen LogP contribution in [-0.4, -0.2) is 17.4 Å². The maximum absolute atomic E-state index is 12.8.